The van der Waals surface area contributed by atoms with Gasteiger partial charge in [-0.2, -0.15) is 15.2 Å². The van der Waals surface area contributed by atoms with Crippen molar-refractivity contribution >= 4 is 11.8 Å². The molecule has 0 bridgehead atoms. The Kier molecular flexibility index (Phi) is 5.61. The lowest BCUT2D eigenvalue weighted by atomic mass is 9.94. The molecule has 2 N–H and O–H groups in total. The van der Waals surface area contributed by atoms with Crippen molar-refractivity contribution in [3.8, 4) is 0 Å². The van der Waals surface area contributed by atoms with Gasteiger partial charge in [-0.25, -0.2) is 4.98 Å². The molecular formula is C23H32N8. The maximum Gasteiger partial charge on any atom is 0.227 e. The van der Waals surface area contributed by atoms with Crippen LogP contribution in [0.1, 0.15) is 74.4 Å². The second kappa shape index (κ2) is 8.69. The maximum atomic E-state index is 5.08. The average Bonchev–Trinajstić information content (AvgIpc) is 3.53. The van der Waals surface area contributed by atoms with Gasteiger partial charge in [0.2, 0.25) is 5.95 Å². The smallest absolute Gasteiger partial charge is 0.227 e. The molecule has 0 aliphatic carbocycles. The highest BCUT2D eigenvalue weighted by Crippen LogP contribution is 2.32. The first-order valence-corrected chi connectivity index (χ1v) is 11.5. The molecule has 0 unspecified atom stereocenters. The summed E-state index contributed by atoms with van der Waals surface area (Å²) in [6, 6.07) is 6.39. The highest BCUT2D eigenvalue weighted by molar-refractivity contribution is 5.48. The van der Waals surface area contributed by atoms with E-state index in [0.717, 1.165) is 56.5 Å². The molecule has 0 aromatic carbocycles. The molecule has 8 heteroatoms. The van der Waals surface area contributed by atoms with Gasteiger partial charge in [0.25, 0.3) is 0 Å². The molecule has 0 radical (unpaired) electrons. The Labute approximate surface area is 183 Å². The first kappa shape index (κ1) is 20.0. The highest BCUT2D eigenvalue weighted by atomic mass is 15.3. The minimum atomic E-state index is 0.363. The zero-order chi connectivity index (χ0) is 21.2. The zero-order valence-corrected chi connectivity index (χ0v) is 18.5. The average molecular weight is 421 g/mol. The largest absolute Gasteiger partial charge is 0.356 e. The van der Waals surface area contributed by atoms with E-state index in [-0.39, 0.29) is 0 Å². The molecule has 31 heavy (non-hydrogen) atoms. The van der Waals surface area contributed by atoms with Crippen molar-refractivity contribution in [2.75, 3.05) is 36.0 Å². The van der Waals surface area contributed by atoms with Crippen LogP contribution < -0.4 is 9.80 Å². The number of rotatable bonds is 5. The predicted molar refractivity (Wildman–Crippen MR) is 122 cm³/mol. The van der Waals surface area contributed by atoms with Crippen LogP contribution in [0.25, 0.3) is 0 Å². The summed E-state index contributed by atoms with van der Waals surface area (Å²) in [4.78, 5) is 14.9. The van der Waals surface area contributed by atoms with E-state index in [1.54, 1.807) is 0 Å². The molecule has 2 aliphatic rings. The number of aromatic amines is 2. The van der Waals surface area contributed by atoms with Gasteiger partial charge in [-0.1, -0.05) is 13.8 Å². The highest BCUT2D eigenvalue weighted by Gasteiger charge is 2.27. The van der Waals surface area contributed by atoms with Gasteiger partial charge < -0.3 is 9.80 Å². The van der Waals surface area contributed by atoms with Crippen molar-refractivity contribution in [1.29, 1.82) is 0 Å². The molecule has 2 aliphatic heterocycles. The lowest BCUT2D eigenvalue weighted by molar-refractivity contribution is 0.488. The van der Waals surface area contributed by atoms with E-state index in [4.69, 9.17) is 9.97 Å². The molecule has 5 rings (SSSR count). The topological polar surface area (TPSA) is 89.6 Å². The molecule has 164 valence electrons. The fraction of sp³-hybridized carbons (Fsp3) is 0.565. The Hall–Kier alpha value is -2.90. The Bertz CT molecular complexity index is 893. The van der Waals surface area contributed by atoms with E-state index in [1.165, 1.54) is 24.2 Å². The number of H-pyrrole nitrogens is 2. The minimum Gasteiger partial charge on any atom is -0.356 e. The molecule has 2 atom stereocenters. The van der Waals surface area contributed by atoms with Crippen LogP contribution in [0.15, 0.2) is 30.6 Å². The van der Waals surface area contributed by atoms with Gasteiger partial charge in [-0.15, -0.1) is 0 Å². The van der Waals surface area contributed by atoms with Crippen LogP contribution >= 0.6 is 0 Å². The van der Waals surface area contributed by atoms with E-state index in [2.05, 4.69) is 62.2 Å². The third-order valence-corrected chi connectivity index (χ3v) is 6.69. The van der Waals surface area contributed by atoms with Crippen molar-refractivity contribution in [1.82, 2.24) is 30.4 Å². The Balaban J connectivity index is 1.41. The predicted octanol–water partition coefficient (Wildman–Crippen LogP) is 3.81. The van der Waals surface area contributed by atoms with Crippen LogP contribution in [0.4, 0.5) is 11.8 Å². The SMILES string of the molecule is CC(C)c1cc(N2CCC[C@H](c3ccn[nH]3)C2)nc(N2CCC[C@H](c3ccn[nH]3)C2)n1. The third-order valence-electron chi connectivity index (χ3n) is 6.69. The minimum absolute atomic E-state index is 0.363. The Morgan fingerprint density at radius 2 is 1.48 bits per heavy atom. The summed E-state index contributed by atoms with van der Waals surface area (Å²) in [5, 5.41) is 14.6. The molecule has 2 fully saturated rings. The monoisotopic (exact) mass is 420 g/mol. The first-order chi connectivity index (χ1) is 15.2. The van der Waals surface area contributed by atoms with Crippen LogP contribution in [0.3, 0.4) is 0 Å². The summed E-state index contributed by atoms with van der Waals surface area (Å²) in [7, 11) is 0. The van der Waals surface area contributed by atoms with E-state index in [9.17, 15) is 0 Å². The molecule has 8 nitrogen and oxygen atoms in total. The number of nitrogens with one attached hydrogen (secondary N) is 2. The molecular weight excluding hydrogens is 388 g/mol. The number of nitrogens with zero attached hydrogens (tertiary/aromatic N) is 6. The van der Waals surface area contributed by atoms with Crippen LogP contribution in [-0.2, 0) is 0 Å². The first-order valence-electron chi connectivity index (χ1n) is 11.5. The molecule has 3 aromatic rings. The molecule has 0 spiro atoms. The Morgan fingerprint density at radius 3 is 2.06 bits per heavy atom. The number of anilines is 2. The van der Waals surface area contributed by atoms with Crippen molar-refractivity contribution in [3.05, 3.63) is 47.7 Å². The standard InChI is InChI=1S/C23H32N8/c1-16(2)21-13-22(30-11-3-5-17(14-30)19-7-9-24-28-19)27-23(26-21)31-12-4-6-18(15-31)20-8-10-25-29-20/h7-10,13,16-18H,3-6,11-12,14-15H2,1-2H3,(H,24,28)(H,25,29)/t17-,18-/m0/s1. The van der Waals surface area contributed by atoms with Crippen LogP contribution in [0.5, 0.6) is 0 Å². The fourth-order valence-electron chi connectivity index (χ4n) is 4.88. The van der Waals surface area contributed by atoms with E-state index < -0.39 is 0 Å². The summed E-state index contributed by atoms with van der Waals surface area (Å²) in [5.74, 6) is 3.21. The molecule has 2 saturated heterocycles. The summed E-state index contributed by atoms with van der Waals surface area (Å²) >= 11 is 0. The molecule has 3 aromatic heterocycles. The lowest BCUT2D eigenvalue weighted by Gasteiger charge is -2.35. The Morgan fingerprint density at radius 1 is 0.871 bits per heavy atom. The van der Waals surface area contributed by atoms with Gasteiger partial charge >= 0.3 is 0 Å². The van der Waals surface area contributed by atoms with Crippen LogP contribution in [0.2, 0.25) is 0 Å². The number of aromatic nitrogens is 6. The summed E-state index contributed by atoms with van der Waals surface area (Å²) in [5.41, 5.74) is 3.55. The second-order valence-corrected chi connectivity index (χ2v) is 9.20. The number of piperidine rings is 2. The van der Waals surface area contributed by atoms with Crippen molar-refractivity contribution in [2.45, 2.75) is 57.3 Å². The third kappa shape index (κ3) is 4.29. The lowest BCUT2D eigenvalue weighted by Crippen LogP contribution is -2.38. The van der Waals surface area contributed by atoms with Crippen molar-refractivity contribution in [3.63, 3.8) is 0 Å². The van der Waals surface area contributed by atoms with Gasteiger partial charge in [0.05, 0.1) is 5.69 Å². The van der Waals surface area contributed by atoms with Gasteiger partial charge in [0.15, 0.2) is 0 Å². The number of hydrogen-bond donors (Lipinski definition) is 2. The molecule has 0 saturated carbocycles. The summed E-state index contributed by atoms with van der Waals surface area (Å²) in [6.45, 7) is 8.36. The van der Waals surface area contributed by atoms with Gasteiger partial charge in [-0.3, -0.25) is 10.2 Å². The molecule has 5 heterocycles. The van der Waals surface area contributed by atoms with E-state index in [1.807, 2.05) is 12.4 Å². The fourth-order valence-corrected chi connectivity index (χ4v) is 4.88. The number of hydrogen-bond acceptors (Lipinski definition) is 6. The van der Waals surface area contributed by atoms with Gasteiger partial charge in [-0.05, 0) is 43.7 Å². The van der Waals surface area contributed by atoms with E-state index >= 15 is 0 Å². The van der Waals surface area contributed by atoms with Gasteiger partial charge in [0.1, 0.15) is 5.82 Å². The van der Waals surface area contributed by atoms with E-state index in [0.29, 0.717) is 17.8 Å². The summed E-state index contributed by atoms with van der Waals surface area (Å²) in [6.07, 6.45) is 8.35. The second-order valence-electron chi connectivity index (χ2n) is 9.20. The maximum absolute atomic E-state index is 5.08. The van der Waals surface area contributed by atoms with Gasteiger partial charge in [0, 0.05) is 67.9 Å². The zero-order valence-electron chi connectivity index (χ0n) is 18.5. The quantitative estimate of drug-likeness (QED) is 0.652. The normalized spacial score (nSPS) is 22.3. The van der Waals surface area contributed by atoms with Crippen LogP contribution in [-0.4, -0.2) is 56.5 Å². The summed E-state index contributed by atoms with van der Waals surface area (Å²) < 4.78 is 0. The molecule has 0 amide bonds. The van der Waals surface area contributed by atoms with Crippen LogP contribution in [0, 0.1) is 0 Å². The van der Waals surface area contributed by atoms with Crippen molar-refractivity contribution in [2.24, 2.45) is 0 Å². The van der Waals surface area contributed by atoms with Crippen molar-refractivity contribution < 1.29 is 0 Å².